The van der Waals surface area contributed by atoms with Crippen LogP contribution in [-0.4, -0.2) is 39.0 Å². The molecule has 1 heterocycles. The quantitative estimate of drug-likeness (QED) is 0.671. The molecule has 0 N–H and O–H groups in total. The van der Waals surface area contributed by atoms with Crippen molar-refractivity contribution in [1.82, 2.24) is 10.2 Å². The molecule has 1 aromatic heterocycles. The third-order valence-corrected chi connectivity index (χ3v) is 2.44. The summed E-state index contributed by atoms with van der Waals surface area (Å²) in [4.78, 5) is 1.75. The van der Waals surface area contributed by atoms with Crippen LogP contribution in [0.5, 0.6) is 0 Å². The van der Waals surface area contributed by atoms with E-state index in [0.717, 1.165) is 6.26 Å². The Labute approximate surface area is 77.3 Å². The number of rotatable bonds is 2. The van der Waals surface area contributed by atoms with Gasteiger partial charge >= 0.3 is 0 Å². The molecule has 0 aromatic carbocycles. The smallest absolute Gasteiger partial charge is 0.194 e. The molecular formula is C7H11N3O2S. The molecule has 1 rings (SSSR count). The maximum absolute atomic E-state index is 11.0. The van der Waals surface area contributed by atoms with Crippen LogP contribution >= 0.6 is 0 Å². The van der Waals surface area contributed by atoms with Gasteiger partial charge in [-0.05, 0) is 12.1 Å². The molecule has 0 bridgehead atoms. The maximum Gasteiger partial charge on any atom is 0.194 e. The molecule has 0 saturated carbocycles. The van der Waals surface area contributed by atoms with Crippen LogP contribution in [0, 0.1) is 0 Å². The molecule has 0 unspecified atom stereocenters. The van der Waals surface area contributed by atoms with Crippen molar-refractivity contribution in [2.45, 2.75) is 5.03 Å². The Bertz CT molecular complexity index is 383. The van der Waals surface area contributed by atoms with Crippen molar-refractivity contribution in [2.24, 2.45) is 0 Å². The summed E-state index contributed by atoms with van der Waals surface area (Å²) < 4.78 is 22.0. The van der Waals surface area contributed by atoms with E-state index in [1.165, 1.54) is 6.07 Å². The minimum Gasteiger partial charge on any atom is -0.361 e. The van der Waals surface area contributed by atoms with Crippen molar-refractivity contribution < 1.29 is 8.42 Å². The van der Waals surface area contributed by atoms with E-state index in [-0.39, 0.29) is 5.03 Å². The van der Waals surface area contributed by atoms with Gasteiger partial charge in [-0.1, -0.05) is 0 Å². The third-order valence-electron chi connectivity index (χ3n) is 1.46. The highest BCUT2D eigenvalue weighted by atomic mass is 32.2. The zero-order valence-corrected chi connectivity index (χ0v) is 8.54. The second-order valence-corrected chi connectivity index (χ2v) is 4.86. The molecule has 0 amide bonds. The molecule has 6 heteroatoms. The molecule has 0 saturated heterocycles. The van der Waals surface area contributed by atoms with E-state index in [9.17, 15) is 8.42 Å². The summed E-state index contributed by atoms with van der Waals surface area (Å²) in [6.07, 6.45) is 1.10. The fourth-order valence-electron chi connectivity index (χ4n) is 0.749. The molecule has 72 valence electrons. The van der Waals surface area contributed by atoms with Gasteiger partial charge in [-0.2, -0.15) is 0 Å². The lowest BCUT2D eigenvalue weighted by Crippen LogP contribution is -2.12. The standard InChI is InChI=1S/C7H11N3O2S/c1-10(2)6-4-5-7(9-8-6)13(3,11)12/h4-5H,1-3H3. The highest BCUT2D eigenvalue weighted by Crippen LogP contribution is 2.08. The van der Waals surface area contributed by atoms with E-state index in [1.54, 1.807) is 11.0 Å². The molecular weight excluding hydrogens is 190 g/mol. The predicted molar refractivity (Wildman–Crippen MR) is 49.5 cm³/mol. The van der Waals surface area contributed by atoms with Crippen LogP contribution < -0.4 is 4.90 Å². The molecule has 5 nitrogen and oxygen atoms in total. The monoisotopic (exact) mass is 201 g/mol. The molecule has 1 aromatic rings. The van der Waals surface area contributed by atoms with Gasteiger partial charge in [0.2, 0.25) is 0 Å². The molecule has 0 atom stereocenters. The highest BCUT2D eigenvalue weighted by molar-refractivity contribution is 7.90. The van der Waals surface area contributed by atoms with Crippen LogP contribution in [0.15, 0.2) is 17.2 Å². The number of aromatic nitrogens is 2. The van der Waals surface area contributed by atoms with Gasteiger partial charge in [0.25, 0.3) is 0 Å². The van der Waals surface area contributed by atoms with Crippen LogP contribution in [-0.2, 0) is 9.84 Å². The van der Waals surface area contributed by atoms with Gasteiger partial charge in [-0.15, -0.1) is 10.2 Å². The first kappa shape index (κ1) is 9.91. The van der Waals surface area contributed by atoms with E-state index in [0.29, 0.717) is 5.82 Å². The molecule has 0 fully saturated rings. The lowest BCUT2D eigenvalue weighted by molar-refractivity contribution is 0.596. The molecule has 0 spiro atoms. The number of nitrogens with zero attached hydrogens (tertiary/aromatic N) is 3. The topological polar surface area (TPSA) is 63.2 Å². The van der Waals surface area contributed by atoms with Crippen LogP contribution in [0.4, 0.5) is 5.82 Å². The maximum atomic E-state index is 11.0. The Morgan fingerprint density at radius 1 is 1.23 bits per heavy atom. The number of sulfone groups is 1. The van der Waals surface area contributed by atoms with Crippen LogP contribution in [0.1, 0.15) is 0 Å². The second-order valence-electron chi connectivity index (χ2n) is 2.90. The highest BCUT2D eigenvalue weighted by Gasteiger charge is 2.09. The van der Waals surface area contributed by atoms with Gasteiger partial charge < -0.3 is 4.90 Å². The van der Waals surface area contributed by atoms with E-state index in [1.807, 2.05) is 14.1 Å². The minimum absolute atomic E-state index is 0.00176. The second kappa shape index (κ2) is 3.29. The van der Waals surface area contributed by atoms with E-state index >= 15 is 0 Å². The van der Waals surface area contributed by atoms with Crippen LogP contribution in [0.3, 0.4) is 0 Å². The van der Waals surface area contributed by atoms with Gasteiger partial charge in [0.15, 0.2) is 20.7 Å². The first-order chi connectivity index (χ1) is 5.91. The Morgan fingerprint density at radius 2 is 1.85 bits per heavy atom. The minimum atomic E-state index is -3.24. The first-order valence-electron chi connectivity index (χ1n) is 3.62. The summed E-state index contributed by atoms with van der Waals surface area (Å²) in [5, 5.41) is 7.33. The average molecular weight is 201 g/mol. The predicted octanol–water partition coefficient (Wildman–Crippen LogP) is -0.0539. The van der Waals surface area contributed by atoms with Crippen molar-refractivity contribution in [3.8, 4) is 0 Å². The third kappa shape index (κ3) is 2.38. The Balaban J connectivity index is 3.08. The normalized spacial score (nSPS) is 11.3. The summed E-state index contributed by atoms with van der Waals surface area (Å²) >= 11 is 0. The van der Waals surface area contributed by atoms with Gasteiger partial charge in [0.05, 0.1) is 0 Å². The number of anilines is 1. The van der Waals surface area contributed by atoms with E-state index in [2.05, 4.69) is 10.2 Å². The van der Waals surface area contributed by atoms with Crippen LogP contribution in [0.2, 0.25) is 0 Å². The van der Waals surface area contributed by atoms with E-state index in [4.69, 9.17) is 0 Å². The molecule has 0 aliphatic rings. The Morgan fingerprint density at radius 3 is 2.15 bits per heavy atom. The fourth-order valence-corrected chi connectivity index (χ4v) is 1.25. The summed E-state index contributed by atoms with van der Waals surface area (Å²) in [5.74, 6) is 0.632. The van der Waals surface area contributed by atoms with Crippen molar-refractivity contribution in [3.63, 3.8) is 0 Å². The van der Waals surface area contributed by atoms with Crippen molar-refractivity contribution in [2.75, 3.05) is 25.3 Å². The zero-order valence-electron chi connectivity index (χ0n) is 7.72. The number of hydrogen-bond donors (Lipinski definition) is 0. The van der Waals surface area contributed by atoms with Gasteiger partial charge in [0, 0.05) is 20.4 Å². The lowest BCUT2D eigenvalue weighted by Gasteiger charge is -2.09. The Kier molecular flexibility index (Phi) is 2.51. The van der Waals surface area contributed by atoms with E-state index < -0.39 is 9.84 Å². The average Bonchev–Trinajstić information content (AvgIpc) is 2.03. The fraction of sp³-hybridized carbons (Fsp3) is 0.429. The first-order valence-corrected chi connectivity index (χ1v) is 5.51. The number of hydrogen-bond acceptors (Lipinski definition) is 5. The molecule has 13 heavy (non-hydrogen) atoms. The summed E-state index contributed by atoms with van der Waals surface area (Å²) in [6.45, 7) is 0. The lowest BCUT2D eigenvalue weighted by atomic mass is 10.5. The molecule has 0 aliphatic carbocycles. The summed E-state index contributed by atoms with van der Waals surface area (Å²) in [6, 6.07) is 3.06. The van der Waals surface area contributed by atoms with Gasteiger partial charge in [0.1, 0.15) is 0 Å². The largest absolute Gasteiger partial charge is 0.361 e. The SMILES string of the molecule is CN(C)c1ccc(S(C)(=O)=O)nn1. The molecule has 0 radical (unpaired) electrons. The Hall–Kier alpha value is -1.17. The summed E-state index contributed by atoms with van der Waals surface area (Å²) in [7, 11) is 0.382. The zero-order chi connectivity index (χ0) is 10.1. The van der Waals surface area contributed by atoms with Gasteiger partial charge in [-0.25, -0.2) is 8.42 Å². The van der Waals surface area contributed by atoms with Gasteiger partial charge in [-0.3, -0.25) is 0 Å². The molecule has 0 aliphatic heterocycles. The van der Waals surface area contributed by atoms with Crippen LogP contribution in [0.25, 0.3) is 0 Å². The van der Waals surface area contributed by atoms with Crippen molar-refractivity contribution in [1.29, 1.82) is 0 Å². The van der Waals surface area contributed by atoms with Crippen molar-refractivity contribution in [3.05, 3.63) is 12.1 Å². The summed E-state index contributed by atoms with van der Waals surface area (Å²) in [5.41, 5.74) is 0. The van der Waals surface area contributed by atoms with Crippen molar-refractivity contribution >= 4 is 15.7 Å².